The molecule has 0 bridgehead atoms. The molecule has 0 aliphatic heterocycles. The van der Waals surface area contributed by atoms with Gasteiger partial charge in [0.05, 0.1) is 17.8 Å². The van der Waals surface area contributed by atoms with Crippen molar-refractivity contribution < 1.29 is 26.6 Å². The summed E-state index contributed by atoms with van der Waals surface area (Å²) in [5.74, 6) is 1.32. The van der Waals surface area contributed by atoms with Crippen LogP contribution in [0.25, 0.3) is 10.9 Å². The Morgan fingerprint density at radius 2 is 1.28 bits per heavy atom. The monoisotopic (exact) mass is 451 g/mol. The number of ether oxygens (including phenoxy) is 2. The van der Waals surface area contributed by atoms with Crippen LogP contribution in [0, 0.1) is 0 Å². The standard InChI is InChI=1S/C24H21NO6S/c26-32(27,28)31-16-20-7-2-1-6-19(20)15-29-22-11-13-23(14-12-22)30-17-21-10-9-18-5-3-4-8-24(18)25-21/h1-14H,15-17H2,(H,26,27,28). The summed E-state index contributed by atoms with van der Waals surface area (Å²) in [5, 5.41) is 1.09. The van der Waals surface area contributed by atoms with E-state index in [9.17, 15) is 8.42 Å². The highest BCUT2D eigenvalue weighted by Crippen LogP contribution is 2.21. The van der Waals surface area contributed by atoms with Crippen molar-refractivity contribution >= 4 is 21.3 Å². The number of pyridine rings is 1. The molecule has 8 heteroatoms. The first-order valence-electron chi connectivity index (χ1n) is 9.85. The van der Waals surface area contributed by atoms with E-state index in [0.717, 1.165) is 22.2 Å². The second-order valence-corrected chi connectivity index (χ2v) is 8.09. The highest BCUT2D eigenvalue weighted by Gasteiger charge is 2.09. The summed E-state index contributed by atoms with van der Waals surface area (Å²) < 4.78 is 46.5. The molecule has 0 amide bonds. The number of hydrogen-bond donors (Lipinski definition) is 1. The van der Waals surface area contributed by atoms with E-state index in [-0.39, 0.29) is 13.2 Å². The fourth-order valence-electron chi connectivity index (χ4n) is 3.12. The van der Waals surface area contributed by atoms with Crippen molar-refractivity contribution in [2.45, 2.75) is 19.8 Å². The lowest BCUT2D eigenvalue weighted by Gasteiger charge is -2.11. The van der Waals surface area contributed by atoms with Crippen LogP contribution in [0.15, 0.2) is 84.9 Å². The topological polar surface area (TPSA) is 95.0 Å². The molecule has 0 spiro atoms. The van der Waals surface area contributed by atoms with Gasteiger partial charge in [0.25, 0.3) is 0 Å². The van der Waals surface area contributed by atoms with Crippen molar-refractivity contribution in [1.82, 2.24) is 4.98 Å². The number of rotatable bonds is 9. The van der Waals surface area contributed by atoms with Gasteiger partial charge in [0.15, 0.2) is 0 Å². The van der Waals surface area contributed by atoms with E-state index in [2.05, 4.69) is 9.17 Å². The highest BCUT2D eigenvalue weighted by atomic mass is 32.3. The van der Waals surface area contributed by atoms with E-state index in [1.54, 1.807) is 30.3 Å². The Labute approximate surface area is 186 Å². The highest BCUT2D eigenvalue weighted by molar-refractivity contribution is 7.80. The van der Waals surface area contributed by atoms with Crippen LogP contribution in [0.2, 0.25) is 0 Å². The lowest BCUT2D eigenvalue weighted by molar-refractivity contribution is 0.253. The molecule has 0 radical (unpaired) electrons. The number of para-hydroxylation sites is 1. The summed E-state index contributed by atoms with van der Waals surface area (Å²) in [5.41, 5.74) is 3.12. The summed E-state index contributed by atoms with van der Waals surface area (Å²) in [7, 11) is -4.51. The van der Waals surface area contributed by atoms with Gasteiger partial charge in [0.2, 0.25) is 0 Å². The van der Waals surface area contributed by atoms with E-state index in [0.29, 0.717) is 23.7 Å². The van der Waals surface area contributed by atoms with Crippen LogP contribution in [0.3, 0.4) is 0 Å². The number of fused-ring (bicyclic) bond motifs is 1. The Morgan fingerprint density at radius 3 is 1.97 bits per heavy atom. The average molecular weight is 452 g/mol. The molecule has 164 valence electrons. The zero-order chi connectivity index (χ0) is 22.4. The maximum Gasteiger partial charge on any atom is 0.397 e. The largest absolute Gasteiger partial charge is 0.489 e. The quantitative estimate of drug-likeness (QED) is 0.368. The van der Waals surface area contributed by atoms with Crippen LogP contribution in [-0.4, -0.2) is 18.0 Å². The average Bonchev–Trinajstić information content (AvgIpc) is 2.80. The summed E-state index contributed by atoms with van der Waals surface area (Å²) >= 11 is 0. The van der Waals surface area contributed by atoms with Crippen LogP contribution >= 0.6 is 0 Å². The number of nitrogens with zero attached hydrogens (tertiary/aromatic N) is 1. The molecule has 4 aromatic rings. The molecular formula is C24H21NO6S. The summed E-state index contributed by atoms with van der Waals surface area (Å²) in [4.78, 5) is 4.60. The maximum absolute atomic E-state index is 10.8. The SMILES string of the molecule is O=S(=O)(O)OCc1ccccc1COc1ccc(OCc2ccc3ccccc3n2)cc1. The van der Waals surface area contributed by atoms with Crippen molar-refractivity contribution in [3.63, 3.8) is 0 Å². The Bertz CT molecular complexity index is 1310. The van der Waals surface area contributed by atoms with Gasteiger partial charge in [-0.1, -0.05) is 48.5 Å². The number of benzene rings is 3. The maximum atomic E-state index is 10.8. The number of hydrogen-bond acceptors (Lipinski definition) is 6. The second-order valence-electron chi connectivity index (χ2n) is 7.00. The Kier molecular flexibility index (Phi) is 6.65. The van der Waals surface area contributed by atoms with E-state index in [4.69, 9.17) is 14.0 Å². The van der Waals surface area contributed by atoms with Crippen LogP contribution in [0.5, 0.6) is 11.5 Å². The molecule has 0 unspecified atom stereocenters. The van der Waals surface area contributed by atoms with Crippen molar-refractivity contribution in [3.8, 4) is 11.5 Å². The van der Waals surface area contributed by atoms with Crippen molar-refractivity contribution in [2.24, 2.45) is 0 Å². The van der Waals surface area contributed by atoms with Crippen LogP contribution in [0.4, 0.5) is 0 Å². The Hall–Kier alpha value is -3.46. The summed E-state index contributed by atoms with van der Waals surface area (Å²) in [6, 6.07) is 26.2. The van der Waals surface area contributed by atoms with Gasteiger partial charge in [-0.15, -0.1) is 0 Å². The van der Waals surface area contributed by atoms with Gasteiger partial charge < -0.3 is 9.47 Å². The van der Waals surface area contributed by atoms with Gasteiger partial charge in [-0.25, -0.2) is 9.17 Å². The third kappa shape index (κ3) is 6.04. The van der Waals surface area contributed by atoms with Crippen molar-refractivity contribution in [2.75, 3.05) is 0 Å². The number of aromatic nitrogens is 1. The third-order valence-electron chi connectivity index (χ3n) is 4.74. The molecule has 1 heterocycles. The molecule has 3 aromatic carbocycles. The first kappa shape index (κ1) is 21.8. The predicted molar refractivity (Wildman–Crippen MR) is 120 cm³/mol. The summed E-state index contributed by atoms with van der Waals surface area (Å²) in [6.07, 6.45) is 0. The second kappa shape index (κ2) is 9.78. The molecule has 0 aliphatic carbocycles. The third-order valence-corrected chi connectivity index (χ3v) is 5.16. The molecule has 1 aromatic heterocycles. The fourth-order valence-corrected chi connectivity index (χ4v) is 3.39. The van der Waals surface area contributed by atoms with Crippen LogP contribution in [0.1, 0.15) is 16.8 Å². The zero-order valence-electron chi connectivity index (χ0n) is 17.0. The van der Waals surface area contributed by atoms with Gasteiger partial charge in [-0.3, -0.25) is 4.55 Å². The molecule has 4 rings (SSSR count). The van der Waals surface area contributed by atoms with Gasteiger partial charge in [0.1, 0.15) is 24.7 Å². The van der Waals surface area contributed by atoms with E-state index >= 15 is 0 Å². The molecule has 1 N–H and O–H groups in total. The van der Waals surface area contributed by atoms with Crippen molar-refractivity contribution in [1.29, 1.82) is 0 Å². The Morgan fingerprint density at radius 1 is 0.688 bits per heavy atom. The van der Waals surface area contributed by atoms with Gasteiger partial charge in [-0.05, 0) is 47.5 Å². The van der Waals surface area contributed by atoms with Crippen LogP contribution < -0.4 is 9.47 Å². The lowest BCUT2D eigenvalue weighted by atomic mass is 10.1. The van der Waals surface area contributed by atoms with E-state index in [1.165, 1.54) is 0 Å². The normalized spacial score (nSPS) is 11.4. The smallest absolute Gasteiger partial charge is 0.397 e. The van der Waals surface area contributed by atoms with E-state index < -0.39 is 10.4 Å². The molecule has 0 saturated carbocycles. The minimum Gasteiger partial charge on any atom is -0.489 e. The van der Waals surface area contributed by atoms with Gasteiger partial charge in [-0.2, -0.15) is 8.42 Å². The molecule has 7 nitrogen and oxygen atoms in total. The van der Waals surface area contributed by atoms with Crippen LogP contribution in [-0.2, 0) is 34.4 Å². The lowest BCUT2D eigenvalue weighted by Crippen LogP contribution is -2.06. The van der Waals surface area contributed by atoms with E-state index in [1.807, 2.05) is 54.6 Å². The van der Waals surface area contributed by atoms with Gasteiger partial charge >= 0.3 is 10.4 Å². The summed E-state index contributed by atoms with van der Waals surface area (Å²) in [6.45, 7) is 0.298. The molecule has 0 aliphatic rings. The Balaban J connectivity index is 1.33. The fraction of sp³-hybridized carbons (Fsp3) is 0.125. The van der Waals surface area contributed by atoms with Crippen molar-refractivity contribution in [3.05, 3.63) is 102 Å². The minimum absolute atomic E-state index is 0.215. The first-order chi connectivity index (χ1) is 15.5. The predicted octanol–water partition coefficient (Wildman–Crippen LogP) is 4.71. The molecular weight excluding hydrogens is 430 g/mol. The molecule has 32 heavy (non-hydrogen) atoms. The molecule has 0 atom stereocenters. The zero-order valence-corrected chi connectivity index (χ0v) is 17.9. The molecule has 0 saturated heterocycles. The minimum atomic E-state index is -4.51. The molecule has 0 fully saturated rings. The van der Waals surface area contributed by atoms with Gasteiger partial charge in [0, 0.05) is 5.39 Å². The first-order valence-corrected chi connectivity index (χ1v) is 11.2.